The first-order chi connectivity index (χ1) is 8.40. The van der Waals surface area contributed by atoms with Crippen molar-refractivity contribution in [2.24, 2.45) is 0 Å². The van der Waals surface area contributed by atoms with Crippen LogP contribution in [0.5, 0.6) is 0 Å². The Morgan fingerprint density at radius 3 is 2.88 bits per heavy atom. The number of aromatic nitrogens is 1. The van der Waals surface area contributed by atoms with Crippen LogP contribution in [0, 0.1) is 0 Å². The molecule has 17 heavy (non-hydrogen) atoms. The maximum absolute atomic E-state index is 3.75. The largest absolute Gasteiger partial charge is 0.379 e. The lowest BCUT2D eigenvalue weighted by atomic mass is 10.3. The van der Waals surface area contributed by atoms with Crippen LogP contribution in [0.25, 0.3) is 0 Å². The van der Waals surface area contributed by atoms with E-state index < -0.39 is 0 Å². The molecule has 0 radical (unpaired) electrons. The fourth-order valence-electron chi connectivity index (χ4n) is 1.56. The predicted molar refractivity (Wildman–Crippen MR) is 75.5 cm³/mol. The third kappa shape index (κ3) is 3.43. The van der Waals surface area contributed by atoms with E-state index in [-0.39, 0.29) is 0 Å². The molecule has 0 bridgehead atoms. The lowest BCUT2D eigenvalue weighted by Gasteiger charge is -2.10. The first-order valence-electron chi connectivity index (χ1n) is 5.59. The first-order valence-corrected chi connectivity index (χ1v) is 6.57. The summed E-state index contributed by atoms with van der Waals surface area (Å²) >= 11 is 1.79. The summed E-state index contributed by atoms with van der Waals surface area (Å²) in [5.41, 5.74) is 2.36. The van der Waals surface area contributed by atoms with Gasteiger partial charge in [0, 0.05) is 28.2 Å². The summed E-state index contributed by atoms with van der Waals surface area (Å²) in [6.45, 7) is 4.56. The van der Waals surface area contributed by atoms with Crippen LogP contribution in [0.1, 0.15) is 5.69 Å². The van der Waals surface area contributed by atoms with E-state index in [1.807, 2.05) is 18.3 Å². The van der Waals surface area contributed by atoms with Gasteiger partial charge in [-0.05, 0) is 24.3 Å². The van der Waals surface area contributed by atoms with Gasteiger partial charge >= 0.3 is 0 Å². The molecule has 2 N–H and O–H groups in total. The molecule has 0 atom stereocenters. The second kappa shape index (κ2) is 6.21. The van der Waals surface area contributed by atoms with Crippen LogP contribution in [0.15, 0.2) is 60.1 Å². The van der Waals surface area contributed by atoms with Crippen molar-refractivity contribution >= 4 is 17.4 Å². The van der Waals surface area contributed by atoms with Crippen molar-refractivity contribution in [3.63, 3.8) is 0 Å². The highest BCUT2D eigenvalue weighted by atomic mass is 32.2. The smallest absolute Gasteiger partial charge is 0.0551 e. The van der Waals surface area contributed by atoms with Crippen LogP contribution in [-0.2, 0) is 6.54 Å². The molecule has 0 fully saturated rings. The molecule has 1 aromatic carbocycles. The molecule has 0 spiro atoms. The number of H-pyrrole nitrogens is 1. The lowest BCUT2D eigenvalue weighted by Crippen LogP contribution is -2.00. The molecule has 0 saturated carbocycles. The van der Waals surface area contributed by atoms with Crippen molar-refractivity contribution in [2.45, 2.75) is 11.4 Å². The standard InChI is InChI=1S/C14H16N2S/c1-2-10-17-14-8-4-3-7-13(14)16-11-12-6-5-9-15-12/h2-9,15-16H,1,10-11H2. The summed E-state index contributed by atoms with van der Waals surface area (Å²) in [5, 5.41) is 3.44. The van der Waals surface area contributed by atoms with Crippen LogP contribution >= 0.6 is 11.8 Å². The molecule has 0 amide bonds. The van der Waals surface area contributed by atoms with E-state index in [2.05, 4.69) is 47.2 Å². The highest BCUT2D eigenvalue weighted by molar-refractivity contribution is 7.99. The molecule has 3 heteroatoms. The van der Waals surface area contributed by atoms with Crippen molar-refractivity contribution in [1.29, 1.82) is 0 Å². The molecule has 0 saturated heterocycles. The van der Waals surface area contributed by atoms with Gasteiger partial charge in [0.1, 0.15) is 0 Å². The van der Waals surface area contributed by atoms with Crippen LogP contribution in [0.4, 0.5) is 5.69 Å². The maximum atomic E-state index is 3.75. The van der Waals surface area contributed by atoms with Gasteiger partial charge in [-0.25, -0.2) is 0 Å². The zero-order valence-electron chi connectivity index (χ0n) is 9.65. The quantitative estimate of drug-likeness (QED) is 0.595. The molecule has 0 aliphatic rings. The van der Waals surface area contributed by atoms with Crippen molar-refractivity contribution in [1.82, 2.24) is 4.98 Å². The molecule has 0 aliphatic heterocycles. The van der Waals surface area contributed by atoms with Crippen LogP contribution in [-0.4, -0.2) is 10.7 Å². The lowest BCUT2D eigenvalue weighted by molar-refractivity contribution is 1.06. The number of hydrogen-bond acceptors (Lipinski definition) is 2. The minimum absolute atomic E-state index is 0.818. The highest BCUT2D eigenvalue weighted by Gasteiger charge is 2.01. The van der Waals surface area contributed by atoms with E-state index in [1.165, 1.54) is 16.3 Å². The monoisotopic (exact) mass is 244 g/mol. The van der Waals surface area contributed by atoms with Gasteiger partial charge in [0.15, 0.2) is 0 Å². The fraction of sp³-hybridized carbons (Fsp3) is 0.143. The zero-order valence-corrected chi connectivity index (χ0v) is 10.5. The third-order valence-corrected chi connectivity index (χ3v) is 3.44. The Bertz CT molecular complexity index is 463. The summed E-state index contributed by atoms with van der Waals surface area (Å²) in [6, 6.07) is 12.4. The fourth-order valence-corrected chi connectivity index (χ4v) is 2.32. The third-order valence-electron chi connectivity index (χ3n) is 2.38. The summed E-state index contributed by atoms with van der Waals surface area (Å²) in [5.74, 6) is 0.932. The normalized spacial score (nSPS) is 10.1. The number of thioether (sulfide) groups is 1. The number of nitrogens with one attached hydrogen (secondary N) is 2. The molecule has 1 heterocycles. The minimum Gasteiger partial charge on any atom is -0.379 e. The summed E-state index contributed by atoms with van der Waals surface area (Å²) in [4.78, 5) is 4.45. The van der Waals surface area contributed by atoms with Gasteiger partial charge in [0.2, 0.25) is 0 Å². The molecule has 2 rings (SSSR count). The van der Waals surface area contributed by atoms with Crippen LogP contribution in [0.3, 0.4) is 0 Å². The van der Waals surface area contributed by atoms with E-state index >= 15 is 0 Å². The second-order valence-electron chi connectivity index (χ2n) is 3.64. The Morgan fingerprint density at radius 2 is 2.12 bits per heavy atom. The summed E-state index contributed by atoms with van der Waals surface area (Å²) in [7, 11) is 0. The molecule has 2 nitrogen and oxygen atoms in total. The molecule has 0 unspecified atom stereocenters. The average Bonchev–Trinajstić information content (AvgIpc) is 2.88. The number of benzene rings is 1. The Kier molecular flexibility index (Phi) is 4.33. The first kappa shape index (κ1) is 11.9. The van der Waals surface area contributed by atoms with Crippen molar-refractivity contribution in [2.75, 3.05) is 11.1 Å². The van der Waals surface area contributed by atoms with Crippen molar-refractivity contribution in [3.05, 3.63) is 60.9 Å². The molecular weight excluding hydrogens is 228 g/mol. The number of rotatable bonds is 6. The molecular formula is C14H16N2S. The zero-order chi connectivity index (χ0) is 11.9. The van der Waals surface area contributed by atoms with Gasteiger partial charge in [-0.3, -0.25) is 0 Å². The van der Waals surface area contributed by atoms with Crippen LogP contribution in [0.2, 0.25) is 0 Å². The molecule has 0 aliphatic carbocycles. The Morgan fingerprint density at radius 1 is 1.24 bits per heavy atom. The summed E-state index contributed by atoms with van der Waals surface area (Å²) in [6.07, 6.45) is 3.86. The maximum Gasteiger partial charge on any atom is 0.0551 e. The Balaban J connectivity index is 2.01. The number of para-hydroxylation sites is 1. The second-order valence-corrected chi connectivity index (χ2v) is 4.71. The van der Waals surface area contributed by atoms with E-state index in [1.54, 1.807) is 11.8 Å². The van der Waals surface area contributed by atoms with E-state index in [9.17, 15) is 0 Å². The molecule has 1 aromatic heterocycles. The van der Waals surface area contributed by atoms with Gasteiger partial charge in [0.25, 0.3) is 0 Å². The molecule has 88 valence electrons. The van der Waals surface area contributed by atoms with Crippen molar-refractivity contribution in [3.8, 4) is 0 Å². The van der Waals surface area contributed by atoms with Crippen LogP contribution < -0.4 is 5.32 Å². The average molecular weight is 244 g/mol. The van der Waals surface area contributed by atoms with E-state index in [4.69, 9.17) is 0 Å². The van der Waals surface area contributed by atoms with Gasteiger partial charge in [0.05, 0.1) is 6.54 Å². The Labute approximate surface area is 106 Å². The van der Waals surface area contributed by atoms with Gasteiger partial charge < -0.3 is 10.3 Å². The van der Waals surface area contributed by atoms with Gasteiger partial charge in [-0.1, -0.05) is 18.2 Å². The minimum atomic E-state index is 0.818. The van der Waals surface area contributed by atoms with Crippen molar-refractivity contribution < 1.29 is 0 Å². The van der Waals surface area contributed by atoms with E-state index in [0.29, 0.717) is 0 Å². The van der Waals surface area contributed by atoms with Gasteiger partial charge in [-0.15, -0.1) is 18.3 Å². The Hall–Kier alpha value is -1.61. The summed E-state index contributed by atoms with van der Waals surface area (Å²) < 4.78 is 0. The molecule has 2 aromatic rings. The highest BCUT2D eigenvalue weighted by Crippen LogP contribution is 2.27. The van der Waals surface area contributed by atoms with Gasteiger partial charge in [-0.2, -0.15) is 0 Å². The number of aromatic amines is 1. The predicted octanol–water partition coefficient (Wildman–Crippen LogP) is 3.90. The topological polar surface area (TPSA) is 27.8 Å². The van der Waals surface area contributed by atoms with E-state index in [0.717, 1.165) is 12.3 Å². The number of hydrogen-bond donors (Lipinski definition) is 2. The number of anilines is 1. The SMILES string of the molecule is C=CCSc1ccccc1NCc1ccc[nH]1.